The molecule has 1 fully saturated rings. The highest BCUT2D eigenvalue weighted by Crippen LogP contribution is 2.44. The van der Waals surface area contributed by atoms with Gasteiger partial charge in [-0.3, -0.25) is 4.79 Å². The number of hydrogen-bond donors (Lipinski definition) is 1. The van der Waals surface area contributed by atoms with E-state index in [9.17, 15) is 9.90 Å². The number of rotatable bonds is 4. The third-order valence-corrected chi connectivity index (χ3v) is 5.49. The summed E-state index contributed by atoms with van der Waals surface area (Å²) in [4.78, 5) is 11.9. The second-order valence-corrected chi connectivity index (χ2v) is 7.48. The first-order valence-electron chi connectivity index (χ1n) is 7.49. The van der Waals surface area contributed by atoms with Crippen molar-refractivity contribution in [2.45, 2.75) is 51.1 Å². The number of methoxy groups -OCH3 is 1. The Bertz CT molecular complexity index is 586. The zero-order valence-corrected chi connectivity index (χ0v) is 15.6. The summed E-state index contributed by atoms with van der Waals surface area (Å²) in [6.45, 7) is 7.83. The molecule has 7 heteroatoms. The molecule has 5 nitrogen and oxygen atoms in total. The first-order chi connectivity index (χ1) is 10.6. The van der Waals surface area contributed by atoms with Crippen LogP contribution in [0.2, 0.25) is 0 Å². The number of phenols is 1. The van der Waals surface area contributed by atoms with Crippen LogP contribution in [0.4, 0.5) is 0 Å². The van der Waals surface area contributed by atoms with Gasteiger partial charge in [0.2, 0.25) is 0 Å². The Labute approximate surface area is 145 Å². The van der Waals surface area contributed by atoms with Crippen LogP contribution >= 0.6 is 15.9 Å². The SMILES string of the molecule is COC(=O)CC(B1OC(C)(C)C(C)(C)O1)c1cccc(O)c1Br. The highest BCUT2D eigenvalue weighted by atomic mass is 79.9. The van der Waals surface area contributed by atoms with Crippen LogP contribution in [0.15, 0.2) is 22.7 Å². The monoisotopic (exact) mass is 384 g/mol. The summed E-state index contributed by atoms with van der Waals surface area (Å²) in [5.74, 6) is -0.654. The second kappa shape index (κ2) is 6.45. The average Bonchev–Trinajstić information content (AvgIpc) is 2.67. The number of carbonyl (C=O) groups is 1. The van der Waals surface area contributed by atoms with Gasteiger partial charge in [0.05, 0.1) is 29.2 Å². The third kappa shape index (κ3) is 3.57. The molecule has 1 heterocycles. The van der Waals surface area contributed by atoms with Gasteiger partial charge in [-0.15, -0.1) is 0 Å². The molecule has 0 bridgehead atoms. The molecule has 0 amide bonds. The van der Waals surface area contributed by atoms with Crippen molar-refractivity contribution in [3.05, 3.63) is 28.2 Å². The molecular weight excluding hydrogens is 363 g/mol. The van der Waals surface area contributed by atoms with Crippen molar-refractivity contribution in [3.63, 3.8) is 0 Å². The minimum absolute atomic E-state index is 0.0926. The minimum Gasteiger partial charge on any atom is -0.507 e. The van der Waals surface area contributed by atoms with E-state index in [0.717, 1.165) is 5.56 Å². The molecule has 126 valence electrons. The maximum Gasteiger partial charge on any atom is 0.466 e. The van der Waals surface area contributed by atoms with Gasteiger partial charge in [-0.25, -0.2) is 0 Å². The molecule has 23 heavy (non-hydrogen) atoms. The van der Waals surface area contributed by atoms with E-state index in [0.29, 0.717) is 4.47 Å². The lowest BCUT2D eigenvalue weighted by Gasteiger charge is -2.32. The van der Waals surface area contributed by atoms with Crippen LogP contribution in [0.3, 0.4) is 0 Å². The van der Waals surface area contributed by atoms with Gasteiger partial charge in [0.1, 0.15) is 5.75 Å². The fourth-order valence-electron chi connectivity index (χ4n) is 2.49. The molecule has 1 saturated heterocycles. The Morgan fingerprint density at radius 1 is 1.30 bits per heavy atom. The number of aromatic hydroxyl groups is 1. The van der Waals surface area contributed by atoms with Crippen LogP contribution in [0, 0.1) is 0 Å². The zero-order chi connectivity index (χ0) is 17.4. The maximum absolute atomic E-state index is 11.9. The normalized spacial score (nSPS) is 20.3. The smallest absolute Gasteiger partial charge is 0.466 e. The van der Waals surface area contributed by atoms with Crippen molar-refractivity contribution in [2.75, 3.05) is 7.11 Å². The van der Waals surface area contributed by atoms with Crippen molar-refractivity contribution < 1.29 is 23.9 Å². The highest BCUT2D eigenvalue weighted by molar-refractivity contribution is 9.10. The van der Waals surface area contributed by atoms with Crippen LogP contribution in [0.25, 0.3) is 0 Å². The number of carbonyl (C=O) groups excluding carboxylic acids is 1. The Morgan fingerprint density at radius 2 is 1.87 bits per heavy atom. The first-order valence-corrected chi connectivity index (χ1v) is 8.28. The Kier molecular flexibility index (Phi) is 5.13. The molecule has 1 aromatic rings. The minimum atomic E-state index is -0.614. The lowest BCUT2D eigenvalue weighted by molar-refractivity contribution is -0.140. The third-order valence-electron chi connectivity index (χ3n) is 4.62. The van der Waals surface area contributed by atoms with Gasteiger partial charge in [0.25, 0.3) is 0 Å². The van der Waals surface area contributed by atoms with Gasteiger partial charge in [-0.1, -0.05) is 12.1 Å². The second-order valence-electron chi connectivity index (χ2n) is 6.69. The van der Waals surface area contributed by atoms with Crippen LogP contribution < -0.4 is 0 Å². The van der Waals surface area contributed by atoms with Crippen LogP contribution in [-0.2, 0) is 18.8 Å². The Morgan fingerprint density at radius 3 is 2.39 bits per heavy atom. The molecule has 1 aliphatic rings. The van der Waals surface area contributed by atoms with Crippen molar-refractivity contribution in [3.8, 4) is 5.75 Å². The summed E-state index contributed by atoms with van der Waals surface area (Å²) in [5.41, 5.74) is -0.265. The van der Waals surface area contributed by atoms with Crippen molar-refractivity contribution in [1.82, 2.24) is 0 Å². The number of ether oxygens (including phenoxy) is 1. The number of halogens is 1. The van der Waals surface area contributed by atoms with E-state index in [1.165, 1.54) is 7.11 Å². The van der Waals surface area contributed by atoms with Crippen molar-refractivity contribution >= 4 is 29.0 Å². The van der Waals surface area contributed by atoms with E-state index in [1.54, 1.807) is 12.1 Å². The van der Waals surface area contributed by atoms with Crippen LogP contribution in [-0.4, -0.2) is 36.5 Å². The van der Waals surface area contributed by atoms with Crippen molar-refractivity contribution in [1.29, 1.82) is 0 Å². The van der Waals surface area contributed by atoms with Gasteiger partial charge in [-0.05, 0) is 55.3 Å². The summed E-state index contributed by atoms with van der Waals surface area (Å²) in [6.07, 6.45) is 0.0926. The largest absolute Gasteiger partial charge is 0.507 e. The van der Waals surface area contributed by atoms with Crippen LogP contribution in [0.5, 0.6) is 5.75 Å². The van der Waals surface area contributed by atoms with Crippen LogP contribution in [0.1, 0.15) is 45.5 Å². The molecule has 1 aliphatic heterocycles. The zero-order valence-electron chi connectivity index (χ0n) is 14.1. The van der Waals surface area contributed by atoms with E-state index < -0.39 is 24.1 Å². The molecular formula is C16H22BBrO5. The number of phenolic OH excluding ortho intramolecular Hbond substituents is 1. The van der Waals surface area contributed by atoms with Gasteiger partial charge < -0.3 is 19.2 Å². The molecule has 0 aromatic heterocycles. The molecule has 1 aromatic carbocycles. The van der Waals surface area contributed by atoms with Gasteiger partial charge >= 0.3 is 13.1 Å². The lowest BCUT2D eigenvalue weighted by Crippen LogP contribution is -2.41. The van der Waals surface area contributed by atoms with E-state index in [1.807, 2.05) is 33.8 Å². The average molecular weight is 385 g/mol. The van der Waals surface area contributed by atoms with Gasteiger partial charge in [0.15, 0.2) is 0 Å². The number of benzene rings is 1. The Balaban J connectivity index is 2.40. The quantitative estimate of drug-likeness (QED) is 0.636. The van der Waals surface area contributed by atoms with E-state index >= 15 is 0 Å². The highest BCUT2D eigenvalue weighted by Gasteiger charge is 2.54. The summed E-state index contributed by atoms with van der Waals surface area (Å²) in [5, 5.41) is 9.94. The number of esters is 1. The van der Waals surface area contributed by atoms with E-state index in [2.05, 4.69) is 15.9 Å². The summed E-state index contributed by atoms with van der Waals surface area (Å²) in [6, 6.07) is 5.14. The number of hydrogen-bond acceptors (Lipinski definition) is 5. The fraction of sp³-hybridized carbons (Fsp3) is 0.562. The molecule has 0 saturated carbocycles. The molecule has 1 unspecified atom stereocenters. The molecule has 1 N–H and O–H groups in total. The predicted molar refractivity (Wildman–Crippen MR) is 91.3 cm³/mol. The topological polar surface area (TPSA) is 65.0 Å². The van der Waals surface area contributed by atoms with Gasteiger partial charge in [0, 0.05) is 5.82 Å². The molecule has 1 atom stereocenters. The fourth-order valence-corrected chi connectivity index (χ4v) is 3.05. The molecule has 0 radical (unpaired) electrons. The predicted octanol–water partition coefficient (Wildman–Crippen LogP) is 3.43. The van der Waals surface area contributed by atoms with Gasteiger partial charge in [-0.2, -0.15) is 0 Å². The summed E-state index contributed by atoms with van der Waals surface area (Å²) in [7, 11) is 0.735. The Hall–Kier alpha value is -1.05. The van der Waals surface area contributed by atoms with Crippen molar-refractivity contribution in [2.24, 2.45) is 0 Å². The van der Waals surface area contributed by atoms with E-state index in [4.69, 9.17) is 14.0 Å². The molecule has 0 aliphatic carbocycles. The summed E-state index contributed by atoms with van der Waals surface area (Å²) < 4.78 is 17.5. The van der Waals surface area contributed by atoms with E-state index in [-0.39, 0.29) is 18.1 Å². The first kappa shape index (κ1) is 18.3. The standard InChI is InChI=1S/C16H22BBrO5/c1-15(2)16(3,4)23-17(22-15)11(9-13(20)21-5)10-7-6-8-12(19)14(10)18/h6-8,11,19H,9H2,1-5H3. The summed E-state index contributed by atoms with van der Waals surface area (Å²) >= 11 is 3.38. The molecule has 2 rings (SSSR count). The lowest BCUT2D eigenvalue weighted by atomic mass is 9.66. The maximum atomic E-state index is 11.9. The molecule has 0 spiro atoms.